The number of carbonyl (C=O) groups is 1. The quantitative estimate of drug-likeness (QED) is 0.878. The topological polar surface area (TPSA) is 57.2 Å². The van der Waals surface area contributed by atoms with Crippen molar-refractivity contribution in [2.45, 2.75) is 50.3 Å². The average molecular weight is 356 g/mol. The number of hydrogen-bond acceptors (Lipinski definition) is 5. The molecule has 1 saturated carbocycles. The molecular weight excluding hydrogens is 328 g/mol. The predicted molar refractivity (Wildman–Crippen MR) is 102 cm³/mol. The van der Waals surface area contributed by atoms with Crippen LogP contribution < -0.4 is 10.2 Å². The first-order valence-corrected chi connectivity index (χ1v) is 9.58. The minimum atomic E-state index is -0.310. The van der Waals surface area contributed by atoms with E-state index in [2.05, 4.69) is 58.6 Å². The third-order valence-corrected chi connectivity index (χ3v) is 5.80. The van der Waals surface area contributed by atoms with E-state index in [1.807, 2.05) is 0 Å². The van der Waals surface area contributed by atoms with Crippen molar-refractivity contribution in [1.29, 1.82) is 0 Å². The Morgan fingerprint density at radius 2 is 2.12 bits per heavy atom. The maximum atomic E-state index is 12.3. The number of benzene rings is 1. The Balaban J connectivity index is 1.30. The van der Waals surface area contributed by atoms with E-state index >= 15 is 0 Å². The molecule has 1 unspecified atom stereocenters. The molecule has 1 aliphatic carbocycles. The van der Waals surface area contributed by atoms with E-state index in [9.17, 15) is 4.79 Å². The molecule has 2 aliphatic heterocycles. The molecule has 26 heavy (non-hydrogen) atoms. The highest BCUT2D eigenvalue weighted by atomic mass is 16.7. The van der Waals surface area contributed by atoms with Crippen LogP contribution in [0.5, 0.6) is 0 Å². The number of nitrogens with zero attached hydrogens (tertiary/aromatic N) is 3. The number of nitrogens with one attached hydrogen (secondary N) is 1. The molecule has 1 saturated heterocycles. The predicted octanol–water partition coefficient (Wildman–Crippen LogP) is 2.14. The van der Waals surface area contributed by atoms with E-state index < -0.39 is 0 Å². The summed E-state index contributed by atoms with van der Waals surface area (Å²) >= 11 is 0. The standard InChI is InChI=1S/C20H28N4O2/c1-23(2)17-8-6-15(7-9-17)13-24-11-10-20(14-24)12-18(22-26-20)19(25)21-16-4-3-5-16/h6-9,16H,3-5,10-14H2,1-2H3,(H,21,25). The van der Waals surface area contributed by atoms with Crippen molar-refractivity contribution in [2.75, 3.05) is 32.1 Å². The minimum Gasteiger partial charge on any atom is -0.387 e. The molecule has 1 amide bonds. The van der Waals surface area contributed by atoms with E-state index in [4.69, 9.17) is 4.84 Å². The van der Waals surface area contributed by atoms with Gasteiger partial charge in [-0.15, -0.1) is 0 Å². The van der Waals surface area contributed by atoms with Gasteiger partial charge in [-0.3, -0.25) is 9.69 Å². The van der Waals surface area contributed by atoms with E-state index in [0.717, 1.165) is 38.9 Å². The molecule has 1 N–H and O–H groups in total. The van der Waals surface area contributed by atoms with E-state index in [-0.39, 0.29) is 11.5 Å². The second-order valence-corrected chi connectivity index (χ2v) is 8.11. The van der Waals surface area contributed by atoms with Crippen LogP contribution in [0, 0.1) is 0 Å². The van der Waals surface area contributed by atoms with Crippen molar-refractivity contribution in [3.05, 3.63) is 29.8 Å². The van der Waals surface area contributed by atoms with Gasteiger partial charge in [-0.1, -0.05) is 17.3 Å². The number of carbonyl (C=O) groups excluding carboxylic acids is 1. The molecule has 2 heterocycles. The highest BCUT2D eigenvalue weighted by Gasteiger charge is 2.46. The van der Waals surface area contributed by atoms with Crippen molar-refractivity contribution < 1.29 is 9.63 Å². The second-order valence-electron chi connectivity index (χ2n) is 8.11. The number of amides is 1. The molecule has 1 aromatic carbocycles. The highest BCUT2D eigenvalue weighted by Crippen LogP contribution is 2.34. The van der Waals surface area contributed by atoms with Gasteiger partial charge in [0, 0.05) is 58.3 Å². The summed E-state index contributed by atoms with van der Waals surface area (Å²) in [6.45, 7) is 2.71. The van der Waals surface area contributed by atoms with Crippen LogP contribution in [0.15, 0.2) is 29.4 Å². The first-order chi connectivity index (χ1) is 12.5. The van der Waals surface area contributed by atoms with Crippen molar-refractivity contribution >= 4 is 17.3 Å². The van der Waals surface area contributed by atoms with Gasteiger partial charge in [-0.25, -0.2) is 0 Å². The third kappa shape index (κ3) is 3.56. The average Bonchev–Trinajstić information content (AvgIpc) is 3.18. The van der Waals surface area contributed by atoms with Crippen LogP contribution in [-0.4, -0.2) is 55.3 Å². The highest BCUT2D eigenvalue weighted by molar-refractivity contribution is 6.39. The molecule has 6 nitrogen and oxygen atoms in total. The molecule has 140 valence electrons. The number of hydrogen-bond donors (Lipinski definition) is 1. The summed E-state index contributed by atoms with van der Waals surface area (Å²) in [5.74, 6) is -0.0377. The van der Waals surface area contributed by atoms with Crippen molar-refractivity contribution in [3.63, 3.8) is 0 Å². The van der Waals surface area contributed by atoms with Crippen LogP contribution in [0.25, 0.3) is 0 Å². The molecule has 0 aromatic heterocycles. The van der Waals surface area contributed by atoms with E-state index in [1.165, 1.54) is 17.7 Å². The fourth-order valence-corrected chi connectivity index (χ4v) is 3.90. The number of oxime groups is 1. The van der Waals surface area contributed by atoms with Crippen molar-refractivity contribution in [2.24, 2.45) is 5.16 Å². The van der Waals surface area contributed by atoms with Crippen LogP contribution >= 0.6 is 0 Å². The zero-order chi connectivity index (χ0) is 18.1. The van der Waals surface area contributed by atoms with Gasteiger partial charge in [0.1, 0.15) is 5.71 Å². The molecule has 1 aromatic rings. The SMILES string of the molecule is CN(C)c1ccc(CN2CCC3(CC(C(=O)NC4CCC4)=NO3)C2)cc1. The van der Waals surface area contributed by atoms with Gasteiger partial charge in [0.2, 0.25) is 0 Å². The molecule has 4 rings (SSSR count). The lowest BCUT2D eigenvalue weighted by molar-refractivity contribution is -0.116. The van der Waals surface area contributed by atoms with E-state index in [0.29, 0.717) is 18.2 Å². The summed E-state index contributed by atoms with van der Waals surface area (Å²) in [6.07, 6.45) is 4.94. The van der Waals surface area contributed by atoms with Crippen LogP contribution in [0.1, 0.15) is 37.7 Å². The molecule has 0 radical (unpaired) electrons. The Kier molecular flexibility index (Phi) is 4.61. The fourth-order valence-electron chi connectivity index (χ4n) is 3.90. The number of likely N-dealkylation sites (tertiary alicyclic amines) is 1. The molecular formula is C20H28N4O2. The van der Waals surface area contributed by atoms with Crippen LogP contribution in [0.4, 0.5) is 5.69 Å². The molecule has 1 atom stereocenters. The molecule has 3 aliphatic rings. The van der Waals surface area contributed by atoms with Gasteiger partial charge >= 0.3 is 0 Å². The maximum Gasteiger partial charge on any atom is 0.269 e. The summed E-state index contributed by atoms with van der Waals surface area (Å²) in [5, 5.41) is 7.19. The Morgan fingerprint density at radius 1 is 1.35 bits per heavy atom. The van der Waals surface area contributed by atoms with Gasteiger partial charge < -0.3 is 15.1 Å². The molecule has 1 spiro atoms. The molecule has 2 fully saturated rings. The monoisotopic (exact) mass is 356 g/mol. The smallest absolute Gasteiger partial charge is 0.269 e. The van der Waals surface area contributed by atoms with Crippen LogP contribution in [-0.2, 0) is 16.2 Å². The zero-order valence-electron chi connectivity index (χ0n) is 15.7. The Morgan fingerprint density at radius 3 is 2.77 bits per heavy atom. The molecule has 0 bridgehead atoms. The Bertz CT molecular complexity index is 696. The van der Waals surface area contributed by atoms with Crippen molar-refractivity contribution in [3.8, 4) is 0 Å². The van der Waals surface area contributed by atoms with Gasteiger partial charge in [0.05, 0.1) is 0 Å². The summed E-state index contributed by atoms with van der Waals surface area (Å²) in [5.41, 5.74) is 2.76. The van der Waals surface area contributed by atoms with Crippen LogP contribution in [0.2, 0.25) is 0 Å². The lowest BCUT2D eigenvalue weighted by Gasteiger charge is -2.26. The summed E-state index contributed by atoms with van der Waals surface area (Å²) in [4.78, 5) is 22.6. The summed E-state index contributed by atoms with van der Waals surface area (Å²) < 4.78 is 0. The van der Waals surface area contributed by atoms with Gasteiger partial charge in [0.15, 0.2) is 5.60 Å². The number of rotatable bonds is 5. The van der Waals surface area contributed by atoms with Crippen LogP contribution in [0.3, 0.4) is 0 Å². The first kappa shape index (κ1) is 17.3. The lowest BCUT2D eigenvalue weighted by Crippen LogP contribution is -2.43. The first-order valence-electron chi connectivity index (χ1n) is 9.58. The largest absolute Gasteiger partial charge is 0.387 e. The van der Waals surface area contributed by atoms with Crippen molar-refractivity contribution in [1.82, 2.24) is 10.2 Å². The normalized spacial score (nSPS) is 25.7. The Hall–Kier alpha value is -2.08. The summed E-state index contributed by atoms with van der Waals surface area (Å²) in [6, 6.07) is 9.01. The minimum absolute atomic E-state index is 0.0377. The maximum absolute atomic E-state index is 12.3. The zero-order valence-corrected chi connectivity index (χ0v) is 15.7. The Labute approximate surface area is 155 Å². The second kappa shape index (κ2) is 6.91. The summed E-state index contributed by atoms with van der Waals surface area (Å²) in [7, 11) is 4.10. The molecule has 6 heteroatoms. The van der Waals surface area contributed by atoms with Gasteiger partial charge in [-0.05, 0) is 37.0 Å². The lowest BCUT2D eigenvalue weighted by atomic mass is 9.92. The third-order valence-electron chi connectivity index (χ3n) is 5.80. The van der Waals surface area contributed by atoms with Gasteiger partial charge in [-0.2, -0.15) is 0 Å². The number of anilines is 1. The van der Waals surface area contributed by atoms with E-state index in [1.54, 1.807) is 0 Å². The van der Waals surface area contributed by atoms with Gasteiger partial charge in [0.25, 0.3) is 5.91 Å². The fraction of sp³-hybridized carbons (Fsp3) is 0.600.